The first-order valence-corrected chi connectivity index (χ1v) is 9.74. The fourth-order valence-electron chi connectivity index (χ4n) is 2.54. The van der Waals surface area contributed by atoms with Crippen molar-refractivity contribution in [2.24, 2.45) is 0 Å². The largest absolute Gasteiger partial charge is 0.348 e. The molecular formula is C20H16F2N2O3S. The van der Waals surface area contributed by atoms with E-state index in [2.05, 4.69) is 10.0 Å². The van der Waals surface area contributed by atoms with E-state index in [0.717, 1.165) is 17.7 Å². The third-order valence-corrected chi connectivity index (χ3v) is 5.29. The number of sulfonamides is 1. The first-order valence-electron chi connectivity index (χ1n) is 8.26. The minimum atomic E-state index is -4.36. The highest BCUT2D eigenvalue weighted by Crippen LogP contribution is 2.22. The molecule has 144 valence electrons. The lowest BCUT2D eigenvalue weighted by Crippen LogP contribution is -2.25. The van der Waals surface area contributed by atoms with Crippen LogP contribution in [0.15, 0.2) is 77.7 Å². The monoisotopic (exact) mass is 402 g/mol. The normalized spacial score (nSPS) is 11.1. The summed E-state index contributed by atoms with van der Waals surface area (Å²) in [6, 6.07) is 17.3. The molecule has 0 bridgehead atoms. The van der Waals surface area contributed by atoms with Gasteiger partial charge in [-0.1, -0.05) is 42.5 Å². The lowest BCUT2D eigenvalue weighted by molar-refractivity contribution is 0.0952. The summed E-state index contributed by atoms with van der Waals surface area (Å²) in [5, 5.41) is 2.70. The zero-order valence-electron chi connectivity index (χ0n) is 14.5. The maximum atomic E-state index is 13.9. The summed E-state index contributed by atoms with van der Waals surface area (Å²) in [6.45, 7) is 0.257. The molecule has 0 aliphatic carbocycles. The Kier molecular flexibility index (Phi) is 5.70. The van der Waals surface area contributed by atoms with E-state index in [-0.39, 0.29) is 17.8 Å². The average Bonchev–Trinajstić information content (AvgIpc) is 2.66. The Balaban J connectivity index is 1.82. The van der Waals surface area contributed by atoms with E-state index in [9.17, 15) is 22.0 Å². The molecule has 28 heavy (non-hydrogen) atoms. The van der Waals surface area contributed by atoms with Crippen LogP contribution in [-0.4, -0.2) is 14.3 Å². The number of halogens is 2. The Bertz CT molecular complexity index is 1100. The second kappa shape index (κ2) is 8.18. The second-order valence-corrected chi connectivity index (χ2v) is 7.54. The molecule has 0 saturated carbocycles. The Morgan fingerprint density at radius 2 is 1.57 bits per heavy atom. The number of hydrogen-bond acceptors (Lipinski definition) is 3. The van der Waals surface area contributed by atoms with Crippen LogP contribution in [0.3, 0.4) is 0 Å². The van der Waals surface area contributed by atoms with Crippen LogP contribution in [0.2, 0.25) is 0 Å². The third kappa shape index (κ3) is 4.52. The Labute approximate surface area is 161 Å². The van der Waals surface area contributed by atoms with Gasteiger partial charge in [-0.25, -0.2) is 17.2 Å². The number of para-hydroxylation sites is 1. The van der Waals surface area contributed by atoms with Gasteiger partial charge in [-0.3, -0.25) is 9.52 Å². The van der Waals surface area contributed by atoms with Crippen molar-refractivity contribution in [2.45, 2.75) is 11.4 Å². The van der Waals surface area contributed by atoms with Crippen LogP contribution in [0.4, 0.5) is 14.5 Å². The zero-order chi connectivity index (χ0) is 20.1. The van der Waals surface area contributed by atoms with Crippen LogP contribution >= 0.6 is 0 Å². The van der Waals surface area contributed by atoms with Gasteiger partial charge >= 0.3 is 0 Å². The minimum absolute atomic E-state index is 0.0169. The van der Waals surface area contributed by atoms with Crippen molar-refractivity contribution < 1.29 is 22.0 Å². The van der Waals surface area contributed by atoms with E-state index in [1.54, 1.807) is 6.07 Å². The molecule has 8 heteroatoms. The van der Waals surface area contributed by atoms with Crippen molar-refractivity contribution >= 4 is 21.6 Å². The summed E-state index contributed by atoms with van der Waals surface area (Å²) in [5.74, 6) is -2.61. The van der Waals surface area contributed by atoms with E-state index >= 15 is 0 Å². The lowest BCUT2D eigenvalue weighted by atomic mass is 10.1. The fourth-order valence-corrected chi connectivity index (χ4v) is 3.68. The van der Waals surface area contributed by atoms with Gasteiger partial charge in [0.1, 0.15) is 16.5 Å². The van der Waals surface area contributed by atoms with Crippen molar-refractivity contribution in [3.05, 3.63) is 95.6 Å². The van der Waals surface area contributed by atoms with Gasteiger partial charge in [-0.15, -0.1) is 0 Å². The molecule has 0 heterocycles. The van der Waals surface area contributed by atoms with Crippen molar-refractivity contribution in [2.75, 3.05) is 4.72 Å². The molecule has 3 aromatic rings. The molecule has 2 N–H and O–H groups in total. The Hall–Kier alpha value is -3.26. The van der Waals surface area contributed by atoms with Gasteiger partial charge in [0.15, 0.2) is 0 Å². The molecule has 0 atom stereocenters. The maximum absolute atomic E-state index is 13.9. The highest BCUT2D eigenvalue weighted by Gasteiger charge is 2.22. The van der Waals surface area contributed by atoms with E-state index in [1.165, 1.54) is 18.2 Å². The summed E-state index contributed by atoms with van der Waals surface area (Å²) in [5.41, 5.74) is 0.934. The van der Waals surface area contributed by atoms with Crippen LogP contribution in [0.1, 0.15) is 15.9 Å². The highest BCUT2D eigenvalue weighted by molar-refractivity contribution is 7.92. The standard InChI is InChI=1S/C20H16F2N2O3S/c21-15-10-11-19(17(22)12-15)28(26,27)24-18-9-5-4-8-16(18)20(25)23-13-14-6-2-1-3-7-14/h1-12,24H,13H2,(H,23,25). The summed E-state index contributed by atoms with van der Waals surface area (Å²) in [7, 11) is -4.36. The quantitative estimate of drug-likeness (QED) is 0.660. The van der Waals surface area contributed by atoms with Crippen LogP contribution in [-0.2, 0) is 16.6 Å². The van der Waals surface area contributed by atoms with Crippen molar-refractivity contribution in [3.63, 3.8) is 0 Å². The third-order valence-electron chi connectivity index (χ3n) is 3.90. The van der Waals surface area contributed by atoms with Gasteiger partial charge in [0.2, 0.25) is 0 Å². The molecule has 5 nitrogen and oxygen atoms in total. The molecule has 0 unspecified atom stereocenters. The van der Waals surface area contributed by atoms with Crippen molar-refractivity contribution in [1.29, 1.82) is 0 Å². The second-order valence-electron chi connectivity index (χ2n) is 5.89. The first kappa shape index (κ1) is 19.5. The maximum Gasteiger partial charge on any atom is 0.264 e. The van der Waals surface area contributed by atoms with Crippen LogP contribution in [0, 0.1) is 11.6 Å². The first-order chi connectivity index (χ1) is 13.4. The Morgan fingerprint density at radius 1 is 0.893 bits per heavy atom. The van der Waals surface area contributed by atoms with Crippen molar-refractivity contribution in [1.82, 2.24) is 5.32 Å². The summed E-state index contributed by atoms with van der Waals surface area (Å²) >= 11 is 0. The summed E-state index contributed by atoms with van der Waals surface area (Å²) in [6.07, 6.45) is 0. The molecular weight excluding hydrogens is 386 g/mol. The van der Waals surface area contributed by atoms with E-state index in [0.29, 0.717) is 6.07 Å². The van der Waals surface area contributed by atoms with Gasteiger partial charge in [-0.05, 0) is 29.8 Å². The predicted octanol–water partition coefficient (Wildman–Crippen LogP) is 3.70. The van der Waals surface area contributed by atoms with Gasteiger partial charge in [0, 0.05) is 12.6 Å². The highest BCUT2D eigenvalue weighted by atomic mass is 32.2. The molecule has 0 saturated heterocycles. The van der Waals surface area contributed by atoms with Crippen LogP contribution < -0.4 is 10.0 Å². The number of carbonyl (C=O) groups is 1. The number of anilines is 1. The van der Waals surface area contributed by atoms with Crippen LogP contribution in [0.25, 0.3) is 0 Å². The lowest BCUT2D eigenvalue weighted by Gasteiger charge is -2.13. The van der Waals surface area contributed by atoms with Gasteiger partial charge in [-0.2, -0.15) is 0 Å². The number of hydrogen-bond donors (Lipinski definition) is 2. The van der Waals surface area contributed by atoms with E-state index in [4.69, 9.17) is 0 Å². The zero-order valence-corrected chi connectivity index (χ0v) is 15.3. The average molecular weight is 402 g/mol. The summed E-state index contributed by atoms with van der Waals surface area (Å²) < 4.78 is 54.1. The molecule has 0 aliphatic heterocycles. The van der Waals surface area contributed by atoms with Gasteiger partial charge in [0.25, 0.3) is 15.9 Å². The molecule has 1 amide bonds. The van der Waals surface area contributed by atoms with Gasteiger partial charge in [0.05, 0.1) is 11.3 Å². The minimum Gasteiger partial charge on any atom is -0.348 e. The number of rotatable bonds is 6. The number of benzene rings is 3. The fraction of sp³-hybridized carbons (Fsp3) is 0.0500. The Morgan fingerprint density at radius 3 is 2.29 bits per heavy atom. The van der Waals surface area contributed by atoms with E-state index < -0.39 is 32.5 Å². The number of nitrogens with one attached hydrogen (secondary N) is 2. The molecule has 0 spiro atoms. The SMILES string of the molecule is O=C(NCc1ccccc1)c1ccccc1NS(=O)(=O)c1ccc(F)cc1F. The predicted molar refractivity (Wildman–Crippen MR) is 101 cm³/mol. The number of carbonyl (C=O) groups excluding carboxylic acids is 1. The molecule has 0 aliphatic rings. The van der Waals surface area contributed by atoms with E-state index in [1.807, 2.05) is 30.3 Å². The molecule has 3 rings (SSSR count). The van der Waals surface area contributed by atoms with Crippen molar-refractivity contribution in [3.8, 4) is 0 Å². The summed E-state index contributed by atoms with van der Waals surface area (Å²) in [4.78, 5) is 11.8. The van der Waals surface area contributed by atoms with Gasteiger partial charge < -0.3 is 5.32 Å². The number of amides is 1. The molecule has 0 fully saturated rings. The molecule has 0 aromatic heterocycles. The molecule has 3 aromatic carbocycles. The topological polar surface area (TPSA) is 75.3 Å². The van der Waals surface area contributed by atoms with Crippen LogP contribution in [0.5, 0.6) is 0 Å². The smallest absolute Gasteiger partial charge is 0.264 e. The molecule has 0 radical (unpaired) electrons.